The highest BCUT2D eigenvalue weighted by Gasteiger charge is 2.22. The number of hydrogen-bond acceptors (Lipinski definition) is 3. The Morgan fingerprint density at radius 2 is 1.82 bits per heavy atom. The molecule has 0 aliphatic heterocycles. The van der Waals surface area contributed by atoms with Crippen molar-refractivity contribution >= 4 is 9.84 Å². The lowest BCUT2D eigenvalue weighted by Gasteiger charge is -2.21. The highest BCUT2D eigenvalue weighted by molar-refractivity contribution is 7.90. The van der Waals surface area contributed by atoms with E-state index in [9.17, 15) is 8.42 Å². The highest BCUT2D eigenvalue weighted by Crippen LogP contribution is 2.20. The van der Waals surface area contributed by atoms with Crippen LogP contribution in [0.15, 0.2) is 0 Å². The average molecular weight is 179 g/mol. The summed E-state index contributed by atoms with van der Waals surface area (Å²) in [6.45, 7) is 4.38. The van der Waals surface area contributed by atoms with Crippen molar-refractivity contribution in [1.82, 2.24) is 0 Å². The van der Waals surface area contributed by atoms with E-state index in [1.54, 1.807) is 0 Å². The number of hydrogen-bond donors (Lipinski definition) is 1. The summed E-state index contributed by atoms with van der Waals surface area (Å²) in [5.41, 5.74) is 5.16. The van der Waals surface area contributed by atoms with E-state index >= 15 is 0 Å². The maximum Gasteiger partial charge on any atom is 0.147 e. The lowest BCUT2D eigenvalue weighted by molar-refractivity contribution is 0.385. The Kier molecular flexibility index (Phi) is 3.51. The summed E-state index contributed by atoms with van der Waals surface area (Å²) in [5.74, 6) is 0.219. The molecule has 0 aromatic heterocycles. The first-order valence-electron chi connectivity index (χ1n) is 3.65. The first-order valence-corrected chi connectivity index (χ1v) is 5.71. The van der Waals surface area contributed by atoms with Gasteiger partial charge in [0.1, 0.15) is 9.84 Å². The van der Waals surface area contributed by atoms with E-state index in [2.05, 4.69) is 0 Å². The third kappa shape index (κ3) is 6.31. The standard InChI is InChI=1S/C7H17NO2S/c1-7(2,4-5-8)6-11(3,9)10/h4-6,8H2,1-3H3. The molecule has 0 aromatic carbocycles. The molecule has 0 unspecified atom stereocenters. The van der Waals surface area contributed by atoms with Crippen molar-refractivity contribution in [2.75, 3.05) is 18.6 Å². The molecule has 0 heterocycles. The van der Waals surface area contributed by atoms with E-state index in [-0.39, 0.29) is 11.2 Å². The molecule has 0 aliphatic rings. The molecule has 0 radical (unpaired) electrons. The molecular weight excluding hydrogens is 162 g/mol. The number of rotatable bonds is 4. The van der Waals surface area contributed by atoms with E-state index < -0.39 is 9.84 Å². The van der Waals surface area contributed by atoms with Gasteiger partial charge in [-0.1, -0.05) is 13.8 Å². The second kappa shape index (κ2) is 3.54. The van der Waals surface area contributed by atoms with E-state index in [1.807, 2.05) is 13.8 Å². The van der Waals surface area contributed by atoms with Gasteiger partial charge in [0.05, 0.1) is 5.75 Å². The van der Waals surface area contributed by atoms with Gasteiger partial charge in [0, 0.05) is 6.26 Å². The van der Waals surface area contributed by atoms with Gasteiger partial charge in [-0.05, 0) is 18.4 Å². The van der Waals surface area contributed by atoms with Gasteiger partial charge < -0.3 is 5.73 Å². The minimum absolute atomic E-state index is 0.178. The van der Waals surface area contributed by atoms with Gasteiger partial charge in [0.2, 0.25) is 0 Å². The molecule has 0 rings (SSSR count). The summed E-state index contributed by atoms with van der Waals surface area (Å²) in [4.78, 5) is 0. The van der Waals surface area contributed by atoms with Crippen LogP contribution in [-0.2, 0) is 9.84 Å². The van der Waals surface area contributed by atoms with Crippen molar-refractivity contribution in [2.24, 2.45) is 11.1 Å². The molecule has 0 bridgehead atoms. The van der Waals surface area contributed by atoms with Gasteiger partial charge in [-0.2, -0.15) is 0 Å². The molecule has 2 N–H and O–H groups in total. The van der Waals surface area contributed by atoms with Crippen molar-refractivity contribution in [1.29, 1.82) is 0 Å². The summed E-state index contributed by atoms with van der Waals surface area (Å²) in [6, 6.07) is 0. The van der Waals surface area contributed by atoms with Crippen LogP contribution in [0.4, 0.5) is 0 Å². The van der Waals surface area contributed by atoms with Crippen LogP contribution in [-0.4, -0.2) is 27.0 Å². The Morgan fingerprint density at radius 3 is 2.09 bits per heavy atom. The smallest absolute Gasteiger partial charge is 0.147 e. The summed E-state index contributed by atoms with van der Waals surface area (Å²) < 4.78 is 21.8. The Bertz CT molecular complexity index is 206. The Hall–Kier alpha value is -0.0900. The zero-order valence-corrected chi connectivity index (χ0v) is 8.24. The Labute approximate surface area is 68.9 Å². The number of nitrogens with two attached hydrogens (primary N) is 1. The van der Waals surface area contributed by atoms with E-state index in [0.717, 1.165) is 6.42 Å². The monoisotopic (exact) mass is 179 g/mol. The topological polar surface area (TPSA) is 60.2 Å². The summed E-state index contributed by atoms with van der Waals surface area (Å²) in [5, 5.41) is 0. The molecule has 11 heavy (non-hydrogen) atoms. The lowest BCUT2D eigenvalue weighted by atomic mass is 9.92. The average Bonchev–Trinajstić information content (AvgIpc) is 1.55. The molecule has 0 saturated heterocycles. The second-order valence-electron chi connectivity index (χ2n) is 3.77. The zero-order valence-electron chi connectivity index (χ0n) is 7.42. The van der Waals surface area contributed by atoms with Crippen LogP contribution in [0.1, 0.15) is 20.3 Å². The van der Waals surface area contributed by atoms with Gasteiger partial charge >= 0.3 is 0 Å². The van der Waals surface area contributed by atoms with Crippen molar-refractivity contribution in [3.8, 4) is 0 Å². The van der Waals surface area contributed by atoms with Crippen molar-refractivity contribution in [3.63, 3.8) is 0 Å². The van der Waals surface area contributed by atoms with Gasteiger partial charge in [-0.3, -0.25) is 0 Å². The SMILES string of the molecule is CC(C)(CCN)CS(C)(=O)=O. The van der Waals surface area contributed by atoms with Crippen LogP contribution in [0.5, 0.6) is 0 Å². The van der Waals surface area contributed by atoms with Crippen LogP contribution in [0.3, 0.4) is 0 Å². The zero-order chi connectivity index (χ0) is 9.12. The number of sulfone groups is 1. The minimum Gasteiger partial charge on any atom is -0.330 e. The van der Waals surface area contributed by atoms with Crippen molar-refractivity contribution in [3.05, 3.63) is 0 Å². The van der Waals surface area contributed by atoms with Crippen LogP contribution in [0, 0.1) is 5.41 Å². The normalized spacial score (nSPS) is 13.5. The third-order valence-electron chi connectivity index (χ3n) is 1.47. The fraction of sp³-hybridized carbons (Fsp3) is 1.00. The maximum absolute atomic E-state index is 10.9. The fourth-order valence-corrected chi connectivity index (χ4v) is 2.74. The molecule has 0 atom stereocenters. The van der Waals surface area contributed by atoms with Crippen LogP contribution >= 0.6 is 0 Å². The Morgan fingerprint density at radius 1 is 1.36 bits per heavy atom. The summed E-state index contributed by atoms with van der Waals surface area (Å²) >= 11 is 0. The maximum atomic E-state index is 10.9. The molecule has 4 heteroatoms. The van der Waals surface area contributed by atoms with Crippen LogP contribution in [0.25, 0.3) is 0 Å². The first kappa shape index (κ1) is 10.9. The quantitative estimate of drug-likeness (QED) is 0.680. The van der Waals surface area contributed by atoms with Gasteiger partial charge in [-0.15, -0.1) is 0 Å². The molecule has 0 saturated carbocycles. The molecule has 0 aromatic rings. The van der Waals surface area contributed by atoms with Gasteiger partial charge in [-0.25, -0.2) is 8.42 Å². The highest BCUT2D eigenvalue weighted by atomic mass is 32.2. The summed E-state index contributed by atoms with van der Waals surface area (Å²) in [6.07, 6.45) is 2.01. The second-order valence-corrected chi connectivity index (χ2v) is 5.91. The van der Waals surface area contributed by atoms with Crippen molar-refractivity contribution < 1.29 is 8.42 Å². The Balaban J connectivity index is 4.13. The van der Waals surface area contributed by atoms with Crippen LogP contribution in [0.2, 0.25) is 0 Å². The third-order valence-corrected chi connectivity index (χ3v) is 2.78. The van der Waals surface area contributed by atoms with E-state index in [0.29, 0.717) is 6.54 Å². The summed E-state index contributed by atoms with van der Waals surface area (Å²) in [7, 11) is -2.86. The molecule has 0 amide bonds. The predicted molar refractivity (Wildman–Crippen MR) is 47.2 cm³/mol. The molecule has 0 fully saturated rings. The molecular formula is C7H17NO2S. The molecule has 0 spiro atoms. The molecule has 3 nitrogen and oxygen atoms in total. The first-order chi connectivity index (χ1) is 4.77. The van der Waals surface area contributed by atoms with E-state index in [4.69, 9.17) is 5.73 Å². The van der Waals surface area contributed by atoms with Crippen LogP contribution < -0.4 is 5.73 Å². The predicted octanol–water partition coefficient (Wildman–Crippen LogP) is 0.406. The fourth-order valence-electron chi connectivity index (χ4n) is 1.17. The largest absolute Gasteiger partial charge is 0.330 e. The van der Waals surface area contributed by atoms with Gasteiger partial charge in [0.25, 0.3) is 0 Å². The molecule has 68 valence electrons. The minimum atomic E-state index is -2.86. The lowest BCUT2D eigenvalue weighted by Crippen LogP contribution is -2.26. The molecule has 0 aliphatic carbocycles. The van der Waals surface area contributed by atoms with Gasteiger partial charge in [0.15, 0.2) is 0 Å². The van der Waals surface area contributed by atoms with E-state index in [1.165, 1.54) is 6.26 Å². The van der Waals surface area contributed by atoms with Crippen molar-refractivity contribution in [2.45, 2.75) is 20.3 Å².